The van der Waals surface area contributed by atoms with Gasteiger partial charge < -0.3 is 10.6 Å². The van der Waals surface area contributed by atoms with E-state index in [2.05, 4.69) is 91.2 Å². The Labute approximate surface area is 168 Å². The number of benzene rings is 2. The Bertz CT molecular complexity index is 947. The zero-order valence-electron chi connectivity index (χ0n) is 16.5. The number of nitrogens with zero attached hydrogens (tertiary/aromatic N) is 1. The van der Waals surface area contributed by atoms with E-state index in [1.165, 1.54) is 33.6 Å². The second-order valence-corrected chi connectivity index (χ2v) is 7.54. The molecule has 2 heteroatoms. The fraction of sp³-hybridized carbons (Fsp3) is 0.231. The van der Waals surface area contributed by atoms with Gasteiger partial charge in [-0.2, -0.15) is 0 Å². The van der Waals surface area contributed by atoms with Crippen molar-refractivity contribution in [3.8, 4) is 0 Å². The van der Waals surface area contributed by atoms with Crippen molar-refractivity contribution in [3.05, 3.63) is 108 Å². The number of rotatable bonds is 6. The van der Waals surface area contributed by atoms with Crippen LogP contribution in [0.3, 0.4) is 0 Å². The molecule has 1 aliphatic carbocycles. The Balaban J connectivity index is 1.91. The number of nitrogens with two attached hydrogens (primary N) is 1. The molecule has 0 fully saturated rings. The maximum Gasteiger partial charge on any atom is 0.0626 e. The van der Waals surface area contributed by atoms with Crippen molar-refractivity contribution >= 4 is 11.3 Å². The molecule has 1 aliphatic heterocycles. The lowest BCUT2D eigenvalue weighted by Crippen LogP contribution is -2.33. The van der Waals surface area contributed by atoms with Gasteiger partial charge in [-0.3, -0.25) is 0 Å². The summed E-state index contributed by atoms with van der Waals surface area (Å²) in [6.07, 6.45) is 12.7. The first-order valence-corrected chi connectivity index (χ1v) is 10.1. The molecule has 2 unspecified atom stereocenters. The number of para-hydroxylation sites is 1. The number of aryl methyl sites for hydroxylation is 1. The first kappa shape index (κ1) is 18.5. The Kier molecular flexibility index (Phi) is 5.31. The van der Waals surface area contributed by atoms with E-state index in [0.717, 1.165) is 12.8 Å². The van der Waals surface area contributed by atoms with Gasteiger partial charge in [0.15, 0.2) is 0 Å². The summed E-state index contributed by atoms with van der Waals surface area (Å²) in [4.78, 5) is 2.52. The highest BCUT2D eigenvalue weighted by atomic mass is 15.2. The Morgan fingerprint density at radius 2 is 1.82 bits per heavy atom. The number of hydrogen-bond donors (Lipinski definition) is 1. The number of allylic oxidation sites excluding steroid dienone is 3. The first-order valence-electron chi connectivity index (χ1n) is 10.1. The summed E-state index contributed by atoms with van der Waals surface area (Å²) in [7, 11) is 0. The topological polar surface area (TPSA) is 29.3 Å². The van der Waals surface area contributed by atoms with Gasteiger partial charge in [0.1, 0.15) is 0 Å². The second-order valence-electron chi connectivity index (χ2n) is 7.54. The van der Waals surface area contributed by atoms with Crippen LogP contribution in [0.2, 0.25) is 0 Å². The van der Waals surface area contributed by atoms with E-state index in [0.29, 0.717) is 18.5 Å². The molecule has 0 bridgehead atoms. The van der Waals surface area contributed by atoms with Gasteiger partial charge in [-0.15, -0.1) is 6.58 Å². The summed E-state index contributed by atoms with van der Waals surface area (Å²) in [6.45, 7) is 6.81. The van der Waals surface area contributed by atoms with E-state index < -0.39 is 0 Å². The molecule has 0 saturated heterocycles. The van der Waals surface area contributed by atoms with E-state index in [9.17, 15) is 0 Å². The fourth-order valence-corrected chi connectivity index (χ4v) is 4.46. The third-order valence-electron chi connectivity index (χ3n) is 5.73. The molecule has 4 rings (SSSR count). The molecule has 2 nitrogen and oxygen atoms in total. The van der Waals surface area contributed by atoms with Gasteiger partial charge in [0.2, 0.25) is 0 Å². The summed E-state index contributed by atoms with van der Waals surface area (Å²) in [6, 6.07) is 17.9. The molecule has 0 saturated carbocycles. The fourth-order valence-electron chi connectivity index (χ4n) is 4.46. The van der Waals surface area contributed by atoms with Crippen molar-refractivity contribution in [1.82, 2.24) is 0 Å². The van der Waals surface area contributed by atoms with Crippen LogP contribution < -0.4 is 10.6 Å². The molecule has 0 amide bonds. The Hall–Kier alpha value is -2.84. The lowest BCUT2D eigenvalue weighted by Gasteiger charge is -2.33. The van der Waals surface area contributed by atoms with Crippen LogP contribution in [-0.2, 0) is 0 Å². The maximum absolute atomic E-state index is 6.05. The van der Waals surface area contributed by atoms with Gasteiger partial charge in [-0.25, -0.2) is 0 Å². The molecule has 2 aliphatic rings. The SMILES string of the molecule is C=CC/C(=C(\CCN)c1ccc(C)cc1)N1c2ccccc2C2C=CC=CC21. The highest BCUT2D eigenvalue weighted by Crippen LogP contribution is 2.47. The zero-order valence-corrected chi connectivity index (χ0v) is 16.5. The quantitative estimate of drug-likeness (QED) is 0.660. The van der Waals surface area contributed by atoms with Crippen LogP contribution in [0, 0.1) is 6.92 Å². The minimum atomic E-state index is 0.301. The van der Waals surface area contributed by atoms with Gasteiger partial charge in [0, 0.05) is 23.7 Å². The second kappa shape index (κ2) is 8.04. The lowest BCUT2D eigenvalue weighted by atomic mass is 9.91. The van der Waals surface area contributed by atoms with Crippen molar-refractivity contribution in [2.75, 3.05) is 11.4 Å². The van der Waals surface area contributed by atoms with Crippen LogP contribution in [0.15, 0.2) is 91.2 Å². The van der Waals surface area contributed by atoms with E-state index >= 15 is 0 Å². The van der Waals surface area contributed by atoms with Crippen molar-refractivity contribution in [3.63, 3.8) is 0 Å². The number of fused-ring (bicyclic) bond motifs is 3. The predicted octanol–water partition coefficient (Wildman–Crippen LogP) is 5.73. The van der Waals surface area contributed by atoms with Crippen molar-refractivity contribution in [2.24, 2.45) is 5.73 Å². The van der Waals surface area contributed by atoms with Gasteiger partial charge in [0.05, 0.1) is 6.04 Å². The van der Waals surface area contributed by atoms with Gasteiger partial charge in [0.25, 0.3) is 0 Å². The van der Waals surface area contributed by atoms with Gasteiger partial charge >= 0.3 is 0 Å². The number of hydrogen-bond acceptors (Lipinski definition) is 2. The third-order valence-corrected chi connectivity index (χ3v) is 5.73. The van der Waals surface area contributed by atoms with Crippen LogP contribution >= 0.6 is 0 Å². The van der Waals surface area contributed by atoms with Gasteiger partial charge in [-0.05, 0) is 42.7 Å². The summed E-state index contributed by atoms with van der Waals surface area (Å²) < 4.78 is 0. The third kappa shape index (κ3) is 3.25. The Morgan fingerprint density at radius 3 is 2.57 bits per heavy atom. The van der Waals surface area contributed by atoms with Crippen LogP contribution in [0.4, 0.5) is 5.69 Å². The molecule has 2 aromatic carbocycles. The smallest absolute Gasteiger partial charge is 0.0626 e. The maximum atomic E-state index is 6.05. The highest BCUT2D eigenvalue weighted by Gasteiger charge is 2.38. The number of anilines is 1. The summed E-state index contributed by atoms with van der Waals surface area (Å²) in [5, 5.41) is 0. The normalized spacial score (nSPS) is 20.6. The molecule has 0 radical (unpaired) electrons. The average Bonchev–Trinajstić information content (AvgIpc) is 3.06. The van der Waals surface area contributed by atoms with Crippen LogP contribution in [0.5, 0.6) is 0 Å². The van der Waals surface area contributed by atoms with Crippen LogP contribution in [0.25, 0.3) is 5.57 Å². The largest absolute Gasteiger partial charge is 0.336 e. The minimum Gasteiger partial charge on any atom is -0.336 e. The highest BCUT2D eigenvalue weighted by molar-refractivity contribution is 5.78. The molecule has 2 atom stereocenters. The van der Waals surface area contributed by atoms with E-state index in [4.69, 9.17) is 5.73 Å². The average molecular weight is 369 g/mol. The van der Waals surface area contributed by atoms with Crippen LogP contribution in [0.1, 0.15) is 35.4 Å². The van der Waals surface area contributed by atoms with Gasteiger partial charge in [-0.1, -0.05) is 78.4 Å². The summed E-state index contributed by atoms with van der Waals surface area (Å²) in [5.41, 5.74) is 13.9. The molecule has 0 aromatic heterocycles. The van der Waals surface area contributed by atoms with E-state index in [1.54, 1.807) is 0 Å². The molecule has 0 spiro atoms. The summed E-state index contributed by atoms with van der Waals surface area (Å²) in [5.74, 6) is 0.387. The predicted molar refractivity (Wildman–Crippen MR) is 120 cm³/mol. The lowest BCUT2D eigenvalue weighted by molar-refractivity contribution is 0.714. The molecular formula is C26H28N2. The van der Waals surface area contributed by atoms with Crippen molar-refractivity contribution < 1.29 is 0 Å². The Morgan fingerprint density at radius 1 is 1.07 bits per heavy atom. The zero-order chi connectivity index (χ0) is 19.5. The molecule has 2 aromatic rings. The molecule has 1 heterocycles. The molecular weight excluding hydrogens is 340 g/mol. The first-order chi connectivity index (χ1) is 13.7. The monoisotopic (exact) mass is 368 g/mol. The van der Waals surface area contributed by atoms with Crippen LogP contribution in [-0.4, -0.2) is 12.6 Å². The van der Waals surface area contributed by atoms with Crippen molar-refractivity contribution in [1.29, 1.82) is 0 Å². The minimum absolute atomic E-state index is 0.301. The van der Waals surface area contributed by atoms with E-state index in [-0.39, 0.29) is 0 Å². The standard InChI is InChI=1S/C26H28N2/c1-3-8-24(21(17-18-27)20-15-13-19(2)14-16-20)28-25-11-6-4-9-22(25)23-10-5-7-12-26(23)28/h3-7,9-16,22,25H,1,8,17-18,27H2,2H3/b24-21-. The molecule has 2 N–H and O–H groups in total. The van der Waals surface area contributed by atoms with E-state index in [1.807, 2.05) is 6.08 Å². The van der Waals surface area contributed by atoms with Crippen molar-refractivity contribution in [2.45, 2.75) is 31.7 Å². The molecule has 142 valence electrons. The molecule has 28 heavy (non-hydrogen) atoms. The summed E-state index contributed by atoms with van der Waals surface area (Å²) >= 11 is 0.